The van der Waals surface area contributed by atoms with Crippen molar-refractivity contribution in [2.45, 2.75) is 19.3 Å². The van der Waals surface area contributed by atoms with Crippen molar-refractivity contribution >= 4 is 12.2 Å². The third kappa shape index (κ3) is 2.70. The molecule has 1 fully saturated rings. The van der Waals surface area contributed by atoms with Gasteiger partial charge in [0.2, 0.25) is 0 Å². The lowest BCUT2D eigenvalue weighted by Gasteiger charge is -2.36. The Hall–Kier alpha value is -2.00. The second-order valence-corrected chi connectivity index (χ2v) is 6.88. The molecule has 0 radical (unpaired) electrons. The smallest absolute Gasteiger partial charge is 0.119 e. The standard InChI is InChI=1S/C20H24N2O/c1-23-18-4-2-3-15(11-18)13-20(8-10-21-14-20)17-5-6-19-16(12-17)7-9-22-19/h2-4,6-7,9,11-12,17,21-22H,5,8,10,13-14H2,1H3/t17?,20-/m1/s1. The van der Waals surface area contributed by atoms with Crippen LogP contribution in [0.3, 0.4) is 0 Å². The van der Waals surface area contributed by atoms with Crippen LogP contribution in [0.25, 0.3) is 12.2 Å². The first-order chi connectivity index (χ1) is 11.3. The first kappa shape index (κ1) is 14.6. The zero-order chi connectivity index (χ0) is 15.7. The summed E-state index contributed by atoms with van der Waals surface area (Å²) in [5.41, 5.74) is 1.68. The zero-order valence-corrected chi connectivity index (χ0v) is 13.6. The summed E-state index contributed by atoms with van der Waals surface area (Å²) in [6, 6.07) is 10.7. The minimum absolute atomic E-state index is 0.303. The zero-order valence-electron chi connectivity index (χ0n) is 13.6. The molecule has 120 valence electrons. The summed E-state index contributed by atoms with van der Waals surface area (Å²) in [7, 11) is 1.74. The maximum atomic E-state index is 5.40. The van der Waals surface area contributed by atoms with E-state index in [1.54, 1.807) is 7.11 Å². The number of fused-ring (bicyclic) bond motifs is 1. The van der Waals surface area contributed by atoms with Crippen molar-refractivity contribution < 1.29 is 4.74 Å². The normalized spacial score (nSPS) is 26.2. The van der Waals surface area contributed by atoms with Crippen molar-refractivity contribution in [3.63, 3.8) is 0 Å². The molecule has 1 saturated heterocycles. The predicted octanol–water partition coefficient (Wildman–Crippen LogP) is 1.83. The maximum absolute atomic E-state index is 5.40. The highest BCUT2D eigenvalue weighted by Crippen LogP contribution is 2.41. The Balaban J connectivity index is 1.66. The second-order valence-electron chi connectivity index (χ2n) is 6.88. The van der Waals surface area contributed by atoms with Crippen molar-refractivity contribution in [2.24, 2.45) is 11.3 Å². The lowest BCUT2D eigenvalue weighted by molar-refractivity contribution is 0.240. The molecule has 0 spiro atoms. The molecule has 3 nitrogen and oxygen atoms in total. The summed E-state index contributed by atoms with van der Waals surface area (Å²) >= 11 is 0. The molecule has 2 heterocycles. The fourth-order valence-electron chi connectivity index (χ4n) is 4.22. The first-order valence-corrected chi connectivity index (χ1v) is 8.48. The highest BCUT2D eigenvalue weighted by Gasteiger charge is 2.40. The Labute approximate surface area is 137 Å². The van der Waals surface area contributed by atoms with E-state index in [1.807, 2.05) is 12.3 Å². The molecular weight excluding hydrogens is 284 g/mol. The number of aromatic nitrogens is 1. The highest BCUT2D eigenvalue weighted by molar-refractivity contribution is 5.41. The van der Waals surface area contributed by atoms with E-state index in [9.17, 15) is 0 Å². The molecule has 2 aliphatic rings. The van der Waals surface area contributed by atoms with E-state index in [0.29, 0.717) is 11.3 Å². The number of benzene rings is 1. The Morgan fingerprint density at radius 1 is 1.30 bits per heavy atom. The largest absolute Gasteiger partial charge is 0.497 e. The fourth-order valence-corrected chi connectivity index (χ4v) is 4.22. The van der Waals surface area contributed by atoms with Crippen LogP contribution in [0.5, 0.6) is 5.75 Å². The molecule has 1 aliphatic carbocycles. The van der Waals surface area contributed by atoms with Crippen LogP contribution in [-0.2, 0) is 6.42 Å². The van der Waals surface area contributed by atoms with E-state index >= 15 is 0 Å². The lowest BCUT2D eigenvalue weighted by atomic mass is 9.68. The van der Waals surface area contributed by atoms with E-state index in [1.165, 1.54) is 22.6 Å². The lowest BCUT2D eigenvalue weighted by Crippen LogP contribution is -2.38. The summed E-state index contributed by atoms with van der Waals surface area (Å²) in [4.78, 5) is 3.33. The quantitative estimate of drug-likeness (QED) is 0.904. The van der Waals surface area contributed by atoms with Crippen LogP contribution in [-0.4, -0.2) is 25.2 Å². The van der Waals surface area contributed by atoms with Gasteiger partial charge in [-0.25, -0.2) is 0 Å². The monoisotopic (exact) mass is 308 g/mol. The minimum Gasteiger partial charge on any atom is -0.497 e. The van der Waals surface area contributed by atoms with Gasteiger partial charge < -0.3 is 15.0 Å². The molecule has 1 aromatic heterocycles. The van der Waals surface area contributed by atoms with E-state index in [2.05, 4.69) is 46.7 Å². The number of H-pyrrole nitrogens is 1. The van der Waals surface area contributed by atoms with Crippen LogP contribution in [0.4, 0.5) is 0 Å². The summed E-state index contributed by atoms with van der Waals surface area (Å²) < 4.78 is 5.40. The Morgan fingerprint density at radius 3 is 3.09 bits per heavy atom. The summed E-state index contributed by atoms with van der Waals surface area (Å²) in [5.74, 6) is 1.54. The predicted molar refractivity (Wildman–Crippen MR) is 93.7 cm³/mol. The summed E-state index contributed by atoms with van der Waals surface area (Å²) in [6.07, 6.45) is 10.4. The molecule has 1 unspecified atom stereocenters. The molecule has 3 heteroatoms. The van der Waals surface area contributed by atoms with Gasteiger partial charge in [-0.15, -0.1) is 0 Å². The average Bonchev–Trinajstić information content (AvgIpc) is 3.24. The molecule has 1 aliphatic heterocycles. The van der Waals surface area contributed by atoms with Gasteiger partial charge in [0.25, 0.3) is 0 Å². The summed E-state index contributed by atoms with van der Waals surface area (Å²) in [6.45, 7) is 2.22. The second kappa shape index (κ2) is 5.89. The molecule has 1 aromatic carbocycles. The van der Waals surface area contributed by atoms with Crippen molar-refractivity contribution in [3.8, 4) is 5.75 Å². The first-order valence-electron chi connectivity index (χ1n) is 8.48. The van der Waals surface area contributed by atoms with Gasteiger partial charge in [-0.05, 0) is 66.1 Å². The van der Waals surface area contributed by atoms with Crippen LogP contribution >= 0.6 is 0 Å². The molecule has 0 amide bonds. The van der Waals surface area contributed by atoms with E-state index in [4.69, 9.17) is 4.74 Å². The van der Waals surface area contributed by atoms with Crippen LogP contribution < -0.4 is 20.6 Å². The van der Waals surface area contributed by atoms with Gasteiger partial charge in [0, 0.05) is 18.1 Å². The number of ether oxygens (including phenoxy) is 1. The topological polar surface area (TPSA) is 37.0 Å². The fraction of sp³-hybridized carbons (Fsp3) is 0.400. The molecular formula is C20H24N2O. The number of nitrogens with one attached hydrogen (secondary N) is 2. The summed E-state index contributed by atoms with van der Waals surface area (Å²) in [5, 5.41) is 6.24. The molecule has 2 N–H and O–H groups in total. The van der Waals surface area contributed by atoms with Gasteiger partial charge in [0.15, 0.2) is 0 Å². The Kier molecular flexibility index (Phi) is 3.74. The van der Waals surface area contributed by atoms with Crippen LogP contribution in [0.1, 0.15) is 18.4 Å². The van der Waals surface area contributed by atoms with Crippen LogP contribution in [0, 0.1) is 11.3 Å². The Bertz CT molecular complexity index is 799. The van der Waals surface area contributed by atoms with E-state index < -0.39 is 0 Å². The Morgan fingerprint density at radius 2 is 2.26 bits per heavy atom. The van der Waals surface area contributed by atoms with Crippen molar-refractivity contribution in [1.29, 1.82) is 0 Å². The molecule has 4 rings (SSSR count). The molecule has 23 heavy (non-hydrogen) atoms. The maximum Gasteiger partial charge on any atom is 0.119 e. The number of methoxy groups -OCH3 is 1. The van der Waals surface area contributed by atoms with Gasteiger partial charge >= 0.3 is 0 Å². The van der Waals surface area contributed by atoms with Gasteiger partial charge in [-0.1, -0.05) is 24.3 Å². The van der Waals surface area contributed by atoms with Crippen LogP contribution in [0.15, 0.2) is 36.5 Å². The van der Waals surface area contributed by atoms with Gasteiger partial charge in [0.1, 0.15) is 5.75 Å². The van der Waals surface area contributed by atoms with E-state index in [0.717, 1.165) is 31.7 Å². The number of hydrogen-bond acceptors (Lipinski definition) is 2. The molecule has 0 bridgehead atoms. The van der Waals surface area contributed by atoms with Crippen molar-refractivity contribution in [2.75, 3.05) is 20.2 Å². The van der Waals surface area contributed by atoms with Gasteiger partial charge in [-0.2, -0.15) is 0 Å². The van der Waals surface area contributed by atoms with Crippen molar-refractivity contribution in [1.82, 2.24) is 10.3 Å². The average molecular weight is 308 g/mol. The van der Waals surface area contributed by atoms with E-state index in [-0.39, 0.29) is 0 Å². The molecule has 0 saturated carbocycles. The SMILES string of the molecule is COc1cccc(C[C@]2(C3C=c4cc[nH]c4=CC3)CCNC2)c1. The third-order valence-corrected chi connectivity index (χ3v) is 5.52. The number of aromatic amines is 1. The molecule has 2 aromatic rings. The number of hydrogen-bond donors (Lipinski definition) is 2. The van der Waals surface area contributed by atoms with Crippen molar-refractivity contribution in [3.05, 3.63) is 52.7 Å². The van der Waals surface area contributed by atoms with Gasteiger partial charge in [-0.3, -0.25) is 0 Å². The number of rotatable bonds is 4. The van der Waals surface area contributed by atoms with Gasteiger partial charge in [0.05, 0.1) is 7.11 Å². The third-order valence-electron chi connectivity index (χ3n) is 5.52. The minimum atomic E-state index is 0.303. The molecule has 2 atom stereocenters. The van der Waals surface area contributed by atoms with Crippen LogP contribution in [0.2, 0.25) is 0 Å². The highest BCUT2D eigenvalue weighted by atomic mass is 16.5.